The zero-order chi connectivity index (χ0) is 26.8. The normalized spacial score (nSPS) is 23.2. The van der Waals surface area contributed by atoms with E-state index in [2.05, 4.69) is 5.32 Å². The molecule has 1 aliphatic rings. The van der Waals surface area contributed by atoms with Crippen LogP contribution in [0, 0.1) is 5.92 Å². The molecule has 1 saturated heterocycles. The molecule has 0 spiro atoms. The lowest BCUT2D eigenvalue weighted by Gasteiger charge is -2.42. The highest BCUT2D eigenvalue weighted by molar-refractivity contribution is 7.80. The van der Waals surface area contributed by atoms with E-state index in [-0.39, 0.29) is 6.61 Å². The zero-order valence-electron chi connectivity index (χ0n) is 21.3. The summed E-state index contributed by atoms with van der Waals surface area (Å²) in [4.78, 5) is 37.7. The summed E-state index contributed by atoms with van der Waals surface area (Å²) in [5, 5.41) is 3.43. The van der Waals surface area contributed by atoms with Crippen LogP contribution in [0.25, 0.3) is 0 Å². The van der Waals surface area contributed by atoms with Crippen LogP contribution in [0.5, 0.6) is 5.75 Å². The highest BCUT2D eigenvalue weighted by Crippen LogP contribution is 2.33. The number of benzene rings is 1. The van der Waals surface area contributed by atoms with Crippen LogP contribution in [0.3, 0.4) is 0 Å². The first kappa shape index (κ1) is 29.3. The van der Waals surface area contributed by atoms with Crippen LogP contribution in [0.1, 0.15) is 26.3 Å². The molecule has 11 nitrogen and oxygen atoms in total. The van der Waals surface area contributed by atoms with Gasteiger partial charge in [-0.3, -0.25) is 9.59 Å². The summed E-state index contributed by atoms with van der Waals surface area (Å²) in [5.41, 5.74) is 0.840. The largest absolute Gasteiger partial charge is 0.467 e. The fraction of sp³-hybridized carbons (Fsp3) is 0.583. The van der Waals surface area contributed by atoms with Crippen molar-refractivity contribution in [2.45, 2.75) is 52.0 Å². The van der Waals surface area contributed by atoms with Crippen LogP contribution >= 0.6 is 12.2 Å². The quantitative estimate of drug-likeness (QED) is 0.269. The van der Waals surface area contributed by atoms with Crippen molar-refractivity contribution in [1.82, 2.24) is 10.2 Å². The molecule has 200 valence electrons. The molecule has 2 rings (SSSR count). The predicted molar refractivity (Wildman–Crippen MR) is 132 cm³/mol. The van der Waals surface area contributed by atoms with E-state index < -0.39 is 48.4 Å². The van der Waals surface area contributed by atoms with Crippen molar-refractivity contribution in [3.05, 3.63) is 29.8 Å². The number of carbonyl (C=O) groups is 3. The minimum Gasteiger partial charge on any atom is -0.467 e. The molecule has 1 aliphatic heterocycles. The van der Waals surface area contributed by atoms with Gasteiger partial charge in [0, 0.05) is 39.9 Å². The summed E-state index contributed by atoms with van der Waals surface area (Å²) in [7, 11) is 4.94. The lowest BCUT2D eigenvalue weighted by Crippen LogP contribution is -2.60. The molecule has 12 heteroatoms. The average Bonchev–Trinajstić information content (AvgIpc) is 2.84. The van der Waals surface area contributed by atoms with E-state index in [1.54, 1.807) is 31.2 Å². The van der Waals surface area contributed by atoms with E-state index >= 15 is 0 Å². The van der Waals surface area contributed by atoms with Gasteiger partial charge in [-0.2, -0.15) is 0 Å². The Hall–Kier alpha value is -2.96. The molecular formula is C24H34N2O9S. The number of ether oxygens (including phenoxy) is 6. The molecule has 5 atom stereocenters. The number of carbonyl (C=O) groups excluding carboxylic acids is 3. The maximum Gasteiger partial charge on any atom is 0.335 e. The molecule has 1 aromatic rings. The molecule has 0 amide bonds. The molecule has 0 aliphatic carbocycles. The Balaban J connectivity index is 2.15. The van der Waals surface area contributed by atoms with E-state index in [0.717, 1.165) is 12.1 Å². The number of methoxy groups -OCH3 is 1. The van der Waals surface area contributed by atoms with Gasteiger partial charge in [0.15, 0.2) is 12.2 Å². The number of rotatable bonds is 10. The number of hydrogen-bond acceptors (Lipinski definition) is 11. The van der Waals surface area contributed by atoms with E-state index in [0.29, 0.717) is 17.5 Å². The van der Waals surface area contributed by atoms with Gasteiger partial charge in [0.05, 0.1) is 7.11 Å². The lowest BCUT2D eigenvalue weighted by molar-refractivity contribution is -0.266. The van der Waals surface area contributed by atoms with Gasteiger partial charge >= 0.3 is 17.9 Å². The van der Waals surface area contributed by atoms with Crippen LogP contribution < -0.4 is 10.1 Å². The second-order valence-electron chi connectivity index (χ2n) is 8.30. The fourth-order valence-electron chi connectivity index (χ4n) is 3.56. The number of nitrogens with one attached hydrogen (secondary N) is 1. The third-order valence-corrected chi connectivity index (χ3v) is 5.88. The SMILES string of the molecule is CNCCN(C)C(=S)OCc1ccc(O[C@@H]2O[C@H](C(=O)OC)[C@@H](C)[C@H](OC(C)=O)[C@H]2OC(C)=O)cc1. The Kier molecular flexibility index (Phi) is 11.3. The molecule has 0 aromatic heterocycles. The van der Waals surface area contributed by atoms with Gasteiger partial charge in [0.25, 0.3) is 5.17 Å². The Morgan fingerprint density at radius 1 is 1.08 bits per heavy atom. The summed E-state index contributed by atoms with van der Waals surface area (Å²) >= 11 is 5.28. The Morgan fingerprint density at radius 2 is 1.69 bits per heavy atom. The molecule has 0 saturated carbocycles. The summed E-state index contributed by atoms with van der Waals surface area (Å²) in [6.07, 6.45) is -4.46. The standard InChI is InChI=1S/C24H34N2O9S/c1-14-19(32-15(2)27)21(33-16(3)28)23(35-20(14)22(29)30-6)34-18-9-7-17(8-10-18)13-31-24(36)26(5)12-11-25-4/h7-10,14,19-21,23,25H,11-13H2,1-6H3/t14-,19-,20-,21+,23+/m0/s1. The van der Waals surface area contributed by atoms with Crippen molar-refractivity contribution >= 4 is 35.3 Å². The molecule has 1 aromatic carbocycles. The van der Waals surface area contributed by atoms with Crippen LogP contribution in [-0.4, -0.2) is 86.9 Å². The van der Waals surface area contributed by atoms with Gasteiger partial charge in [-0.25, -0.2) is 4.79 Å². The Bertz CT molecular complexity index is 911. The first-order valence-corrected chi connectivity index (χ1v) is 11.8. The summed E-state index contributed by atoms with van der Waals surface area (Å²) in [5.74, 6) is -2.19. The summed E-state index contributed by atoms with van der Waals surface area (Å²) in [6.45, 7) is 5.83. The average molecular weight is 527 g/mol. The Labute approximate surface area is 216 Å². The third-order valence-electron chi connectivity index (χ3n) is 5.45. The third kappa shape index (κ3) is 8.32. The van der Waals surface area contributed by atoms with Gasteiger partial charge in [-0.1, -0.05) is 19.1 Å². The second-order valence-corrected chi connectivity index (χ2v) is 8.65. The molecule has 0 unspecified atom stereocenters. The second kappa shape index (κ2) is 14.0. The zero-order valence-corrected chi connectivity index (χ0v) is 22.2. The van der Waals surface area contributed by atoms with Crippen molar-refractivity contribution in [3.8, 4) is 5.75 Å². The topological polar surface area (TPSA) is 122 Å². The molecule has 0 radical (unpaired) electrons. The molecule has 1 fully saturated rings. The molecule has 1 heterocycles. The van der Waals surface area contributed by atoms with Gasteiger partial charge in [-0.15, -0.1) is 0 Å². The van der Waals surface area contributed by atoms with Crippen molar-refractivity contribution in [2.24, 2.45) is 5.92 Å². The molecule has 36 heavy (non-hydrogen) atoms. The molecular weight excluding hydrogens is 492 g/mol. The van der Waals surface area contributed by atoms with Crippen molar-refractivity contribution in [1.29, 1.82) is 0 Å². The van der Waals surface area contributed by atoms with Crippen LogP contribution in [0.2, 0.25) is 0 Å². The monoisotopic (exact) mass is 526 g/mol. The van der Waals surface area contributed by atoms with Crippen LogP contribution in [-0.2, 0) is 44.7 Å². The number of esters is 3. The Morgan fingerprint density at radius 3 is 2.25 bits per heavy atom. The van der Waals surface area contributed by atoms with E-state index in [4.69, 9.17) is 40.6 Å². The predicted octanol–water partition coefficient (Wildman–Crippen LogP) is 1.42. The number of likely N-dealkylation sites (N-methyl/N-ethyl adjacent to an activating group) is 2. The highest BCUT2D eigenvalue weighted by atomic mass is 32.1. The van der Waals surface area contributed by atoms with Crippen molar-refractivity contribution in [3.63, 3.8) is 0 Å². The van der Waals surface area contributed by atoms with Gasteiger partial charge < -0.3 is 38.6 Å². The molecule has 0 bridgehead atoms. The highest BCUT2D eigenvalue weighted by Gasteiger charge is 2.51. The van der Waals surface area contributed by atoms with E-state index in [1.807, 2.05) is 19.0 Å². The number of thiocarbonyl (C=S) groups is 1. The summed E-state index contributed by atoms with van der Waals surface area (Å²) in [6, 6.07) is 6.90. The minimum absolute atomic E-state index is 0.259. The van der Waals surface area contributed by atoms with Gasteiger partial charge in [-0.05, 0) is 37.0 Å². The van der Waals surface area contributed by atoms with Crippen LogP contribution in [0.4, 0.5) is 0 Å². The lowest BCUT2D eigenvalue weighted by atomic mass is 9.90. The van der Waals surface area contributed by atoms with E-state index in [9.17, 15) is 14.4 Å². The van der Waals surface area contributed by atoms with Crippen molar-refractivity contribution < 1.29 is 42.8 Å². The summed E-state index contributed by atoms with van der Waals surface area (Å²) < 4.78 is 33.1. The van der Waals surface area contributed by atoms with Crippen molar-refractivity contribution in [2.75, 3.05) is 34.3 Å². The maximum atomic E-state index is 12.3. The first-order chi connectivity index (χ1) is 17.1. The first-order valence-electron chi connectivity index (χ1n) is 11.4. The van der Waals surface area contributed by atoms with Gasteiger partial charge in [0.2, 0.25) is 12.4 Å². The fourth-order valence-corrected chi connectivity index (χ4v) is 3.71. The van der Waals surface area contributed by atoms with Crippen LogP contribution in [0.15, 0.2) is 24.3 Å². The minimum atomic E-state index is -1.24. The smallest absolute Gasteiger partial charge is 0.335 e. The van der Waals surface area contributed by atoms with Gasteiger partial charge in [0.1, 0.15) is 12.4 Å². The van der Waals surface area contributed by atoms with E-state index in [1.165, 1.54) is 21.0 Å². The maximum absolute atomic E-state index is 12.3. The number of hydrogen-bond donors (Lipinski definition) is 1. The number of nitrogens with zero attached hydrogens (tertiary/aromatic N) is 1. The molecule has 1 N–H and O–H groups in total.